The van der Waals surface area contributed by atoms with Gasteiger partial charge < -0.3 is 4.74 Å². The van der Waals surface area contributed by atoms with Gasteiger partial charge in [-0.2, -0.15) is 17.6 Å². The van der Waals surface area contributed by atoms with Crippen molar-refractivity contribution in [2.45, 2.75) is 12.5 Å². The lowest BCUT2D eigenvalue weighted by molar-refractivity contribution is -0.229. The average Bonchev–Trinajstić information content (AvgIpc) is 1.87. The van der Waals surface area contributed by atoms with Gasteiger partial charge in [0.2, 0.25) is 0 Å². The highest BCUT2D eigenvalue weighted by atomic mass is 35.5. The van der Waals surface area contributed by atoms with Crippen LogP contribution in [0.15, 0.2) is 0 Å². The summed E-state index contributed by atoms with van der Waals surface area (Å²) in [6.07, 6.45) is -7.58. The Morgan fingerprint density at radius 2 is 2.00 bits per heavy atom. The van der Waals surface area contributed by atoms with Crippen LogP contribution in [0, 0.1) is 0 Å². The zero-order chi connectivity index (χ0) is 9.07. The zero-order valence-corrected chi connectivity index (χ0v) is 5.75. The molecule has 0 rings (SSSR count). The van der Waals surface area contributed by atoms with Crippen molar-refractivity contribution in [3.8, 4) is 0 Å². The van der Waals surface area contributed by atoms with Crippen molar-refractivity contribution >= 4 is 17.6 Å². The third-order valence-electron chi connectivity index (χ3n) is 0.584. The molecule has 2 nitrogen and oxygen atoms in total. The van der Waals surface area contributed by atoms with Crippen LogP contribution in [0.5, 0.6) is 0 Å². The molecular formula is C4H3ClF4O2. The summed E-state index contributed by atoms with van der Waals surface area (Å²) < 4.78 is 49.2. The average molecular weight is 195 g/mol. The number of alkyl halides is 5. The summed E-state index contributed by atoms with van der Waals surface area (Å²) in [6, 6.07) is 0. The molecule has 0 radical (unpaired) electrons. The van der Waals surface area contributed by atoms with E-state index in [-0.39, 0.29) is 0 Å². The molecule has 0 atom stereocenters. The first-order valence-electron chi connectivity index (χ1n) is 2.34. The number of carbonyl (C=O) groups is 1. The topological polar surface area (TPSA) is 26.3 Å². The van der Waals surface area contributed by atoms with Crippen molar-refractivity contribution in [2.24, 2.45) is 0 Å². The van der Waals surface area contributed by atoms with Gasteiger partial charge in [0, 0.05) is 0 Å². The molecule has 0 amide bonds. The zero-order valence-electron chi connectivity index (χ0n) is 4.99. The number of ether oxygens (including phenoxy) is 1. The molecule has 0 heterocycles. The SMILES string of the molecule is O=C(OC(F)(F)CCl)C(F)F. The fourth-order valence-electron chi connectivity index (χ4n) is 0.219. The number of halogens is 5. The molecule has 0 spiro atoms. The van der Waals surface area contributed by atoms with Gasteiger partial charge >= 0.3 is 18.5 Å². The molecule has 0 fully saturated rings. The minimum absolute atomic E-state index is 1.34. The van der Waals surface area contributed by atoms with Crippen LogP contribution >= 0.6 is 11.6 Å². The van der Waals surface area contributed by atoms with Crippen LogP contribution in [0.25, 0.3) is 0 Å². The second-order valence-corrected chi connectivity index (χ2v) is 1.76. The third kappa shape index (κ3) is 4.02. The van der Waals surface area contributed by atoms with Gasteiger partial charge in [-0.25, -0.2) is 4.79 Å². The summed E-state index contributed by atoms with van der Waals surface area (Å²) in [6.45, 7) is 0. The van der Waals surface area contributed by atoms with Gasteiger partial charge in [0.1, 0.15) is 5.88 Å². The lowest BCUT2D eigenvalue weighted by atomic mass is 10.6. The molecule has 7 heteroatoms. The molecule has 0 N–H and O–H groups in total. The molecule has 0 saturated carbocycles. The largest absolute Gasteiger partial charge is 0.413 e. The minimum atomic E-state index is -4.02. The standard InChI is InChI=1S/C4H3ClF4O2/c5-1-4(8,9)11-3(10)2(6)7/h2H,1H2. The van der Waals surface area contributed by atoms with E-state index in [2.05, 4.69) is 16.3 Å². The van der Waals surface area contributed by atoms with E-state index in [1.54, 1.807) is 0 Å². The molecule has 0 aliphatic carbocycles. The van der Waals surface area contributed by atoms with E-state index in [4.69, 9.17) is 0 Å². The molecular weight excluding hydrogens is 191 g/mol. The molecule has 0 aromatic carbocycles. The maximum atomic E-state index is 11.9. The lowest BCUT2D eigenvalue weighted by Crippen LogP contribution is -2.29. The van der Waals surface area contributed by atoms with Crippen LogP contribution in [0.2, 0.25) is 0 Å². The first kappa shape index (κ1) is 10.5. The fourth-order valence-corrected chi connectivity index (χ4v) is 0.274. The molecule has 0 aromatic heterocycles. The van der Waals surface area contributed by atoms with E-state index in [9.17, 15) is 22.4 Å². The number of rotatable bonds is 3. The van der Waals surface area contributed by atoms with E-state index in [1.807, 2.05) is 0 Å². The van der Waals surface area contributed by atoms with Crippen LogP contribution in [0.1, 0.15) is 0 Å². The Kier molecular flexibility index (Phi) is 3.57. The van der Waals surface area contributed by atoms with Gasteiger partial charge in [0.15, 0.2) is 0 Å². The molecule has 66 valence electrons. The highest BCUT2D eigenvalue weighted by molar-refractivity contribution is 6.18. The maximum Gasteiger partial charge on any atom is 0.413 e. The smallest absolute Gasteiger partial charge is 0.396 e. The minimum Gasteiger partial charge on any atom is -0.396 e. The van der Waals surface area contributed by atoms with Gasteiger partial charge in [-0.3, -0.25) is 0 Å². The highest BCUT2D eigenvalue weighted by Crippen LogP contribution is 2.18. The van der Waals surface area contributed by atoms with E-state index in [0.717, 1.165) is 0 Å². The summed E-state index contributed by atoms with van der Waals surface area (Å²) >= 11 is 4.57. The van der Waals surface area contributed by atoms with Crippen LogP contribution < -0.4 is 0 Å². The number of hydrogen-bond donors (Lipinski definition) is 0. The molecule has 0 aromatic rings. The second-order valence-electron chi connectivity index (χ2n) is 1.49. The summed E-state index contributed by atoms with van der Waals surface area (Å²) in [4.78, 5) is 9.81. The van der Waals surface area contributed by atoms with Crippen molar-refractivity contribution in [2.75, 3.05) is 5.88 Å². The molecule has 11 heavy (non-hydrogen) atoms. The molecule has 0 saturated heterocycles. The van der Waals surface area contributed by atoms with Gasteiger partial charge in [-0.15, -0.1) is 11.6 Å². The fraction of sp³-hybridized carbons (Fsp3) is 0.750. The predicted octanol–water partition coefficient (Wildman–Crippen LogP) is 1.63. The Morgan fingerprint density at radius 1 is 1.55 bits per heavy atom. The maximum absolute atomic E-state index is 11.9. The highest BCUT2D eigenvalue weighted by Gasteiger charge is 2.35. The lowest BCUT2D eigenvalue weighted by Gasteiger charge is -2.12. The Labute approximate surface area is 64.1 Å². The second kappa shape index (κ2) is 3.75. The first-order valence-corrected chi connectivity index (χ1v) is 2.87. The van der Waals surface area contributed by atoms with Gasteiger partial charge in [-0.05, 0) is 0 Å². The quantitative estimate of drug-likeness (QED) is 0.388. The van der Waals surface area contributed by atoms with Crippen molar-refractivity contribution in [1.29, 1.82) is 0 Å². The third-order valence-corrected chi connectivity index (χ3v) is 0.895. The summed E-state index contributed by atoms with van der Waals surface area (Å²) in [7, 11) is 0. The predicted molar refractivity (Wildman–Crippen MR) is 27.8 cm³/mol. The number of carbonyl (C=O) groups excluding carboxylic acids is 1. The molecule has 0 unspecified atom stereocenters. The van der Waals surface area contributed by atoms with Gasteiger partial charge in [0.05, 0.1) is 0 Å². The normalized spacial score (nSPS) is 11.8. The number of esters is 1. The van der Waals surface area contributed by atoms with Gasteiger partial charge in [0.25, 0.3) is 0 Å². The van der Waals surface area contributed by atoms with Crippen molar-refractivity contribution in [3.63, 3.8) is 0 Å². The summed E-state index contributed by atoms with van der Waals surface area (Å²) in [5.41, 5.74) is 0. The van der Waals surface area contributed by atoms with E-state index >= 15 is 0 Å². The number of hydrogen-bond acceptors (Lipinski definition) is 2. The van der Waals surface area contributed by atoms with Crippen LogP contribution in [-0.2, 0) is 9.53 Å². The Bertz CT molecular complexity index is 149. The van der Waals surface area contributed by atoms with E-state index < -0.39 is 24.4 Å². The van der Waals surface area contributed by atoms with Crippen molar-refractivity contribution in [1.82, 2.24) is 0 Å². The molecule has 0 bridgehead atoms. The first-order chi connectivity index (χ1) is 4.89. The van der Waals surface area contributed by atoms with E-state index in [1.165, 1.54) is 0 Å². The summed E-state index contributed by atoms with van der Waals surface area (Å²) in [5, 5.41) is 0. The Hall–Kier alpha value is -0.520. The summed E-state index contributed by atoms with van der Waals surface area (Å²) in [5.74, 6) is -3.62. The van der Waals surface area contributed by atoms with Crippen molar-refractivity contribution in [3.05, 3.63) is 0 Å². The van der Waals surface area contributed by atoms with Crippen molar-refractivity contribution < 1.29 is 27.1 Å². The monoisotopic (exact) mass is 194 g/mol. The van der Waals surface area contributed by atoms with Crippen LogP contribution in [0.3, 0.4) is 0 Å². The molecule has 0 aliphatic rings. The van der Waals surface area contributed by atoms with Crippen LogP contribution in [-0.4, -0.2) is 24.4 Å². The van der Waals surface area contributed by atoms with E-state index in [0.29, 0.717) is 0 Å². The molecule has 0 aliphatic heterocycles. The Balaban J connectivity index is 3.94. The Morgan fingerprint density at radius 3 is 2.27 bits per heavy atom. The van der Waals surface area contributed by atoms with Gasteiger partial charge in [-0.1, -0.05) is 0 Å². The van der Waals surface area contributed by atoms with Crippen LogP contribution in [0.4, 0.5) is 17.6 Å².